The van der Waals surface area contributed by atoms with Gasteiger partial charge in [0.25, 0.3) is 15.9 Å². The predicted molar refractivity (Wildman–Crippen MR) is 104 cm³/mol. The molecule has 28 heavy (non-hydrogen) atoms. The molecule has 7 heteroatoms. The van der Waals surface area contributed by atoms with E-state index in [1.54, 1.807) is 50.2 Å². The molecule has 3 rings (SSSR count). The van der Waals surface area contributed by atoms with Crippen molar-refractivity contribution < 1.29 is 22.7 Å². The highest BCUT2D eigenvalue weighted by Crippen LogP contribution is 2.45. The highest BCUT2D eigenvalue weighted by Gasteiger charge is 2.55. The van der Waals surface area contributed by atoms with Gasteiger partial charge in [0.2, 0.25) is 0 Å². The van der Waals surface area contributed by atoms with Gasteiger partial charge >= 0.3 is 5.97 Å². The molecule has 148 valence electrons. The van der Waals surface area contributed by atoms with Crippen LogP contribution in [0.15, 0.2) is 59.5 Å². The van der Waals surface area contributed by atoms with E-state index in [9.17, 15) is 18.0 Å². The van der Waals surface area contributed by atoms with Crippen molar-refractivity contribution >= 4 is 21.9 Å². The summed E-state index contributed by atoms with van der Waals surface area (Å²) in [5.41, 5.74) is 1.56. The van der Waals surface area contributed by atoms with Crippen LogP contribution in [0.25, 0.3) is 0 Å². The average Bonchev–Trinajstić information content (AvgIpc) is 2.94. The molecule has 3 unspecified atom stereocenters. The van der Waals surface area contributed by atoms with E-state index in [0.29, 0.717) is 5.56 Å². The first-order valence-corrected chi connectivity index (χ1v) is 10.6. The quantitative estimate of drug-likeness (QED) is 0.568. The summed E-state index contributed by atoms with van der Waals surface area (Å²) in [5, 5.41) is 0. The van der Waals surface area contributed by atoms with Crippen LogP contribution in [0.4, 0.5) is 0 Å². The first-order chi connectivity index (χ1) is 13.3. The third-order valence-electron chi connectivity index (χ3n) is 5.02. The highest BCUT2D eigenvalue weighted by atomic mass is 32.2. The lowest BCUT2D eigenvalue weighted by Crippen LogP contribution is -2.37. The van der Waals surface area contributed by atoms with Crippen LogP contribution in [0.2, 0.25) is 0 Å². The number of sulfonamides is 1. The molecule has 1 amide bonds. The van der Waals surface area contributed by atoms with E-state index in [1.165, 1.54) is 12.1 Å². The van der Waals surface area contributed by atoms with Gasteiger partial charge in [-0.05, 0) is 31.5 Å². The van der Waals surface area contributed by atoms with Crippen LogP contribution in [0.3, 0.4) is 0 Å². The summed E-state index contributed by atoms with van der Waals surface area (Å²) in [5.74, 6) is -3.16. The van der Waals surface area contributed by atoms with Gasteiger partial charge in [-0.15, -0.1) is 0 Å². The molecule has 1 fully saturated rings. The maximum atomic E-state index is 13.4. The highest BCUT2D eigenvalue weighted by molar-refractivity contribution is 7.89. The van der Waals surface area contributed by atoms with Crippen LogP contribution in [-0.4, -0.2) is 31.2 Å². The molecule has 6 nitrogen and oxygen atoms in total. The van der Waals surface area contributed by atoms with Gasteiger partial charge in [0, 0.05) is 5.92 Å². The zero-order valence-corrected chi connectivity index (χ0v) is 16.8. The van der Waals surface area contributed by atoms with Gasteiger partial charge < -0.3 is 4.74 Å². The SMILES string of the molecule is CCOC(=O)C1C(=O)N(S(=O)(=O)c2ccc(C)cc2)C(c2ccccc2)C1C. The molecule has 2 aromatic carbocycles. The van der Waals surface area contributed by atoms with Gasteiger partial charge in [0.05, 0.1) is 17.5 Å². The van der Waals surface area contributed by atoms with Crippen molar-refractivity contribution in [2.45, 2.75) is 31.7 Å². The third-order valence-corrected chi connectivity index (χ3v) is 6.81. The average molecular weight is 401 g/mol. The van der Waals surface area contributed by atoms with Gasteiger partial charge in [0.1, 0.15) is 5.92 Å². The Kier molecular flexibility index (Phi) is 5.56. The van der Waals surface area contributed by atoms with Crippen molar-refractivity contribution in [2.24, 2.45) is 11.8 Å². The number of hydrogen-bond acceptors (Lipinski definition) is 5. The molecule has 1 aliphatic heterocycles. The number of benzene rings is 2. The van der Waals surface area contributed by atoms with E-state index in [0.717, 1.165) is 9.87 Å². The fourth-order valence-electron chi connectivity index (χ4n) is 3.62. The predicted octanol–water partition coefficient (Wildman–Crippen LogP) is 3.08. The zero-order chi connectivity index (χ0) is 20.5. The maximum Gasteiger partial charge on any atom is 0.318 e. The van der Waals surface area contributed by atoms with Crippen LogP contribution < -0.4 is 0 Å². The number of hydrogen-bond donors (Lipinski definition) is 0. The van der Waals surface area contributed by atoms with E-state index < -0.39 is 39.8 Å². The summed E-state index contributed by atoms with van der Waals surface area (Å²) in [6, 6.07) is 14.4. The number of carbonyl (C=O) groups is 2. The summed E-state index contributed by atoms with van der Waals surface area (Å²) in [7, 11) is -4.14. The topological polar surface area (TPSA) is 80.8 Å². The molecule has 3 atom stereocenters. The molecular formula is C21H23NO5S. The van der Waals surface area contributed by atoms with Crippen LogP contribution in [0.1, 0.15) is 31.0 Å². The van der Waals surface area contributed by atoms with Crippen LogP contribution in [-0.2, 0) is 24.3 Å². The van der Waals surface area contributed by atoms with Crippen molar-refractivity contribution in [1.82, 2.24) is 4.31 Å². The Morgan fingerprint density at radius 2 is 1.68 bits per heavy atom. The van der Waals surface area contributed by atoms with Crippen molar-refractivity contribution in [1.29, 1.82) is 0 Å². The Morgan fingerprint density at radius 1 is 1.07 bits per heavy atom. The lowest BCUT2D eigenvalue weighted by Gasteiger charge is -2.26. The monoisotopic (exact) mass is 401 g/mol. The first-order valence-electron chi connectivity index (χ1n) is 9.15. The molecular weight excluding hydrogens is 378 g/mol. The molecule has 0 spiro atoms. The second-order valence-corrected chi connectivity index (χ2v) is 8.71. The Labute approximate surface area is 165 Å². The Balaban J connectivity index is 2.13. The number of aryl methyl sites for hydroxylation is 1. The second-order valence-electron chi connectivity index (χ2n) is 6.90. The molecule has 1 aliphatic rings. The van der Waals surface area contributed by atoms with Crippen LogP contribution >= 0.6 is 0 Å². The minimum atomic E-state index is -4.14. The summed E-state index contributed by atoms with van der Waals surface area (Å²) in [4.78, 5) is 25.6. The van der Waals surface area contributed by atoms with Gasteiger partial charge in [-0.3, -0.25) is 9.59 Å². The number of ether oxygens (including phenoxy) is 1. The largest absolute Gasteiger partial charge is 0.465 e. The summed E-state index contributed by atoms with van der Waals surface area (Å²) in [6.45, 7) is 5.33. The number of nitrogens with zero attached hydrogens (tertiary/aromatic N) is 1. The van der Waals surface area contributed by atoms with E-state index in [4.69, 9.17) is 4.74 Å². The summed E-state index contributed by atoms with van der Waals surface area (Å²) < 4.78 is 32.6. The fraction of sp³-hybridized carbons (Fsp3) is 0.333. The fourth-order valence-corrected chi connectivity index (χ4v) is 5.29. The Bertz CT molecular complexity index is 970. The lowest BCUT2D eigenvalue weighted by molar-refractivity contribution is -0.152. The number of esters is 1. The normalized spacial score (nSPS) is 22.3. The van der Waals surface area contributed by atoms with Gasteiger partial charge in [0.15, 0.2) is 0 Å². The second kappa shape index (κ2) is 7.75. The van der Waals surface area contributed by atoms with Crippen molar-refractivity contribution in [2.75, 3.05) is 6.61 Å². The molecule has 2 aromatic rings. The number of rotatable bonds is 5. The van der Waals surface area contributed by atoms with E-state index in [-0.39, 0.29) is 11.5 Å². The van der Waals surface area contributed by atoms with Gasteiger partial charge in [-0.25, -0.2) is 12.7 Å². The van der Waals surface area contributed by atoms with Gasteiger partial charge in [-0.1, -0.05) is 55.0 Å². The Hall–Kier alpha value is -2.67. The first kappa shape index (κ1) is 20.1. The molecule has 0 aromatic heterocycles. The molecule has 0 bridgehead atoms. The van der Waals surface area contributed by atoms with Gasteiger partial charge in [-0.2, -0.15) is 0 Å². The molecule has 0 N–H and O–H groups in total. The molecule has 0 radical (unpaired) electrons. The molecule has 0 aliphatic carbocycles. The van der Waals surface area contributed by atoms with Crippen molar-refractivity contribution in [3.8, 4) is 0 Å². The van der Waals surface area contributed by atoms with E-state index in [2.05, 4.69) is 0 Å². The number of amides is 1. The minimum absolute atomic E-state index is 0.0177. The Morgan fingerprint density at radius 3 is 2.25 bits per heavy atom. The molecule has 1 saturated heterocycles. The van der Waals surface area contributed by atoms with Crippen molar-refractivity contribution in [3.63, 3.8) is 0 Å². The lowest BCUT2D eigenvalue weighted by atomic mass is 9.88. The minimum Gasteiger partial charge on any atom is -0.465 e. The smallest absolute Gasteiger partial charge is 0.318 e. The van der Waals surface area contributed by atoms with E-state index in [1.807, 2.05) is 13.0 Å². The summed E-state index contributed by atoms with van der Waals surface area (Å²) >= 11 is 0. The zero-order valence-electron chi connectivity index (χ0n) is 16.0. The van der Waals surface area contributed by atoms with Crippen LogP contribution in [0, 0.1) is 18.8 Å². The third kappa shape index (κ3) is 3.42. The number of carbonyl (C=O) groups excluding carboxylic acids is 2. The maximum absolute atomic E-state index is 13.4. The van der Waals surface area contributed by atoms with E-state index >= 15 is 0 Å². The standard InChI is InChI=1S/C21H23NO5S/c1-4-27-21(24)18-15(3)19(16-8-6-5-7-9-16)22(20(18)23)28(25,26)17-12-10-14(2)11-13-17/h5-13,15,18-19H,4H2,1-3H3. The summed E-state index contributed by atoms with van der Waals surface area (Å²) in [6.07, 6.45) is 0. The van der Waals surface area contributed by atoms with Crippen LogP contribution in [0.5, 0.6) is 0 Å². The van der Waals surface area contributed by atoms with Crippen molar-refractivity contribution in [3.05, 3.63) is 65.7 Å². The molecule has 1 heterocycles. The molecule has 0 saturated carbocycles.